The molecule has 2 fully saturated rings. The molecule has 0 spiro atoms. The predicted molar refractivity (Wildman–Crippen MR) is 99.9 cm³/mol. The number of nitrogens with zero attached hydrogens (tertiary/aromatic N) is 1. The Morgan fingerprint density at radius 2 is 1.69 bits per heavy atom. The number of hydrogen-bond acceptors (Lipinski definition) is 3. The Labute approximate surface area is 166 Å². The minimum absolute atomic E-state index is 0.172. The summed E-state index contributed by atoms with van der Waals surface area (Å²) in [4.78, 5) is 2.40. The summed E-state index contributed by atoms with van der Waals surface area (Å²) in [6, 6.07) is 16.0. The van der Waals surface area contributed by atoms with Gasteiger partial charge in [-0.15, -0.1) is 0 Å². The zero-order valence-corrected chi connectivity index (χ0v) is 15.8. The van der Waals surface area contributed by atoms with Crippen LogP contribution in [0.15, 0.2) is 54.6 Å². The van der Waals surface area contributed by atoms with E-state index in [1.807, 2.05) is 18.2 Å². The van der Waals surface area contributed by atoms with Crippen LogP contribution in [0.5, 0.6) is 5.75 Å². The molecule has 0 radical (unpaired) electrons. The topological polar surface area (TPSA) is 32.7 Å². The van der Waals surface area contributed by atoms with Gasteiger partial charge in [0.2, 0.25) is 0 Å². The summed E-state index contributed by atoms with van der Waals surface area (Å²) in [5.74, 6) is -0.375. The van der Waals surface area contributed by atoms with Crippen LogP contribution in [0.1, 0.15) is 36.8 Å². The van der Waals surface area contributed by atoms with Gasteiger partial charge < -0.3 is 9.84 Å². The molecule has 4 rings (SSSR count). The smallest absolute Gasteiger partial charge is 0.428 e. The highest BCUT2D eigenvalue weighted by Crippen LogP contribution is 2.47. The molecule has 0 amide bonds. The molecular weight excluding hydrogens is 386 g/mol. The van der Waals surface area contributed by atoms with E-state index >= 15 is 0 Å². The molecule has 2 atom stereocenters. The van der Waals surface area contributed by atoms with Gasteiger partial charge in [0, 0.05) is 18.6 Å². The second-order valence-electron chi connectivity index (χ2n) is 7.98. The number of aliphatic hydroxyl groups is 1. The van der Waals surface area contributed by atoms with Crippen LogP contribution in [0, 0.1) is 0 Å². The van der Waals surface area contributed by atoms with Gasteiger partial charge in [0.25, 0.3) is 0 Å². The lowest BCUT2D eigenvalue weighted by molar-refractivity contribution is -0.253. The van der Waals surface area contributed by atoms with Crippen LogP contribution in [-0.2, 0) is 12.1 Å². The summed E-state index contributed by atoms with van der Waals surface area (Å²) < 4.78 is 55.6. The third-order valence-corrected chi connectivity index (χ3v) is 6.01. The lowest BCUT2D eigenvalue weighted by atomic mass is 9.80. The van der Waals surface area contributed by atoms with Gasteiger partial charge in [-0.2, -0.15) is 17.6 Å². The molecule has 1 N–H and O–H groups in total. The molecule has 0 aliphatic carbocycles. The quantitative estimate of drug-likeness (QED) is 0.686. The molecular formula is C22H23F4NO2. The van der Waals surface area contributed by atoms with Crippen LogP contribution in [0.4, 0.5) is 17.6 Å². The predicted octanol–water partition coefficient (Wildman–Crippen LogP) is 4.94. The Morgan fingerprint density at radius 3 is 2.31 bits per heavy atom. The first kappa shape index (κ1) is 20.2. The van der Waals surface area contributed by atoms with E-state index in [1.165, 1.54) is 23.8 Å². The summed E-state index contributed by atoms with van der Waals surface area (Å²) in [6.07, 6.45) is -5.65. The van der Waals surface area contributed by atoms with Gasteiger partial charge in [0.1, 0.15) is 5.75 Å². The van der Waals surface area contributed by atoms with E-state index in [9.17, 15) is 22.7 Å². The Morgan fingerprint density at radius 1 is 1.03 bits per heavy atom. The van der Waals surface area contributed by atoms with Crippen molar-refractivity contribution in [1.29, 1.82) is 0 Å². The van der Waals surface area contributed by atoms with Crippen molar-refractivity contribution in [3.63, 3.8) is 0 Å². The molecule has 3 nitrogen and oxygen atoms in total. The third kappa shape index (κ3) is 4.12. The second kappa shape index (κ2) is 7.61. The Hall–Kier alpha value is -2.12. The molecule has 0 saturated carbocycles. The zero-order valence-electron chi connectivity index (χ0n) is 15.8. The first-order chi connectivity index (χ1) is 13.8. The van der Waals surface area contributed by atoms with E-state index in [-0.39, 0.29) is 17.8 Å². The number of alkyl halides is 4. The van der Waals surface area contributed by atoms with Crippen LogP contribution in [-0.4, -0.2) is 34.6 Å². The summed E-state index contributed by atoms with van der Waals surface area (Å²) in [6.45, 7) is 0.802. The van der Waals surface area contributed by atoms with Gasteiger partial charge in [-0.3, -0.25) is 4.90 Å². The molecule has 0 aromatic heterocycles. The van der Waals surface area contributed by atoms with E-state index in [1.54, 1.807) is 6.07 Å². The first-order valence-electron chi connectivity index (χ1n) is 9.74. The van der Waals surface area contributed by atoms with E-state index in [2.05, 4.69) is 21.8 Å². The monoisotopic (exact) mass is 409 g/mol. The van der Waals surface area contributed by atoms with E-state index in [0.717, 1.165) is 19.4 Å². The normalized spacial score (nSPS) is 27.4. The molecule has 156 valence electrons. The molecule has 2 saturated heterocycles. The fourth-order valence-electron chi connectivity index (χ4n) is 4.65. The highest BCUT2D eigenvalue weighted by Gasteiger charge is 2.48. The van der Waals surface area contributed by atoms with Gasteiger partial charge in [-0.1, -0.05) is 42.5 Å². The van der Waals surface area contributed by atoms with Crippen molar-refractivity contribution in [2.45, 2.75) is 62.4 Å². The summed E-state index contributed by atoms with van der Waals surface area (Å²) in [5.41, 5.74) is 0.439. The lowest BCUT2D eigenvalue weighted by Gasteiger charge is -2.44. The van der Waals surface area contributed by atoms with Crippen molar-refractivity contribution in [3.8, 4) is 5.75 Å². The average molecular weight is 409 g/mol. The Bertz CT molecular complexity index is 832. The van der Waals surface area contributed by atoms with Crippen molar-refractivity contribution in [2.24, 2.45) is 0 Å². The molecule has 2 unspecified atom stereocenters. The fourth-order valence-corrected chi connectivity index (χ4v) is 4.65. The maximum atomic E-state index is 13.3. The van der Waals surface area contributed by atoms with Crippen LogP contribution >= 0.6 is 0 Å². The van der Waals surface area contributed by atoms with E-state index in [4.69, 9.17) is 0 Å². The number of hydrogen-bond donors (Lipinski definition) is 1. The number of piperidine rings is 1. The average Bonchev–Trinajstić information content (AvgIpc) is 2.92. The SMILES string of the molecule is OC1(c2cccc(OC(F)(F)C(F)F)c2)CC2CCC(C1)N2Cc1ccccc1. The number of halogens is 4. The first-order valence-corrected chi connectivity index (χ1v) is 9.74. The van der Waals surface area contributed by atoms with Crippen LogP contribution in [0.2, 0.25) is 0 Å². The van der Waals surface area contributed by atoms with Crippen LogP contribution in [0.25, 0.3) is 0 Å². The Kier molecular flexibility index (Phi) is 5.29. The van der Waals surface area contributed by atoms with Gasteiger partial charge in [-0.05, 0) is 48.9 Å². The minimum Gasteiger partial charge on any atom is -0.428 e. The number of fused-ring (bicyclic) bond motifs is 2. The molecule has 2 aromatic rings. The van der Waals surface area contributed by atoms with Crippen LogP contribution in [0.3, 0.4) is 0 Å². The van der Waals surface area contributed by atoms with Crippen LogP contribution < -0.4 is 4.74 Å². The zero-order chi connectivity index (χ0) is 20.6. The van der Waals surface area contributed by atoms with Crippen molar-refractivity contribution in [2.75, 3.05) is 0 Å². The largest absolute Gasteiger partial charge is 0.461 e. The van der Waals surface area contributed by atoms with Crippen molar-refractivity contribution < 1.29 is 27.4 Å². The second-order valence-corrected chi connectivity index (χ2v) is 7.98. The highest BCUT2D eigenvalue weighted by molar-refractivity contribution is 5.34. The van der Waals surface area contributed by atoms with Crippen molar-refractivity contribution in [3.05, 3.63) is 65.7 Å². The van der Waals surface area contributed by atoms with Crippen molar-refractivity contribution in [1.82, 2.24) is 4.90 Å². The Balaban J connectivity index is 1.51. The molecule has 2 aliphatic rings. The van der Waals surface area contributed by atoms with E-state index in [0.29, 0.717) is 18.4 Å². The summed E-state index contributed by atoms with van der Waals surface area (Å²) in [7, 11) is 0. The molecule has 2 bridgehead atoms. The van der Waals surface area contributed by atoms with Gasteiger partial charge in [0.05, 0.1) is 5.60 Å². The fraction of sp³-hybridized carbons (Fsp3) is 0.455. The van der Waals surface area contributed by atoms with E-state index < -0.39 is 18.1 Å². The molecule has 29 heavy (non-hydrogen) atoms. The lowest BCUT2D eigenvalue weighted by Crippen LogP contribution is -2.49. The molecule has 2 heterocycles. The minimum atomic E-state index is -4.57. The van der Waals surface area contributed by atoms with Gasteiger partial charge in [-0.25, -0.2) is 0 Å². The van der Waals surface area contributed by atoms with Gasteiger partial charge in [0.15, 0.2) is 0 Å². The number of rotatable bonds is 6. The third-order valence-electron chi connectivity index (χ3n) is 6.01. The maximum absolute atomic E-state index is 13.3. The summed E-state index contributed by atoms with van der Waals surface area (Å²) >= 11 is 0. The molecule has 2 aromatic carbocycles. The highest BCUT2D eigenvalue weighted by atomic mass is 19.3. The van der Waals surface area contributed by atoms with Gasteiger partial charge >= 0.3 is 12.5 Å². The number of benzene rings is 2. The summed E-state index contributed by atoms with van der Waals surface area (Å²) in [5, 5.41) is 11.3. The standard InChI is InChI=1S/C22H23F4NO2/c23-20(24)22(25,26)29-19-8-4-7-16(11-19)21(28)12-17-9-10-18(13-21)27(17)14-15-5-2-1-3-6-15/h1-8,11,17-18,20,28H,9-10,12-14H2. The van der Waals surface area contributed by atoms with Crippen molar-refractivity contribution >= 4 is 0 Å². The maximum Gasteiger partial charge on any atom is 0.461 e. The molecule has 2 aliphatic heterocycles. The number of ether oxygens (including phenoxy) is 1. The molecule has 7 heteroatoms.